The SMILES string of the molecule is CC[C@@H]1OC(=O)[C@H](C)[C@H](O[C@@H]2C[C@](C)(OC)[C@H](O)[C@H](C)O2)[C@H](C)[C@H](O[C@@H]2O[C@H](C)C[C@H](N(C)C)[C@@H]2O)[C@](C)(O)C[C@H](C)CN[C@H](C)[C@H](O)[C@]1(C)O. The number of hydrogen-bond acceptors (Lipinski definition) is 14. The highest BCUT2D eigenvalue weighted by Crippen LogP contribution is 2.40. The van der Waals surface area contributed by atoms with Gasteiger partial charge in [-0.05, 0) is 94.3 Å². The second kappa shape index (κ2) is 17.6. The predicted octanol–water partition coefficient (Wildman–Crippen LogP) is 1.56. The van der Waals surface area contributed by atoms with E-state index in [2.05, 4.69) is 5.32 Å². The maximum Gasteiger partial charge on any atom is 0.311 e. The van der Waals surface area contributed by atoms with Crippen LogP contribution in [0.3, 0.4) is 0 Å². The number of carbonyl (C=O) groups is 1. The molecule has 0 aromatic carbocycles. The Morgan fingerprint density at radius 3 is 2.14 bits per heavy atom. The highest BCUT2D eigenvalue weighted by molar-refractivity contribution is 5.73. The highest BCUT2D eigenvalue weighted by Gasteiger charge is 2.52. The van der Waals surface area contributed by atoms with Crippen molar-refractivity contribution in [1.29, 1.82) is 0 Å². The summed E-state index contributed by atoms with van der Waals surface area (Å²) in [7, 11) is 5.27. The largest absolute Gasteiger partial charge is 0.459 e. The van der Waals surface area contributed by atoms with Gasteiger partial charge in [-0.25, -0.2) is 0 Å². The first-order valence-electron chi connectivity index (χ1n) is 18.8. The minimum atomic E-state index is -1.80. The summed E-state index contributed by atoms with van der Waals surface area (Å²) in [5.74, 6) is -2.60. The molecule has 18 atom stereocenters. The zero-order chi connectivity index (χ0) is 38.8. The van der Waals surface area contributed by atoms with Gasteiger partial charge in [-0.15, -0.1) is 0 Å². The van der Waals surface area contributed by atoms with Gasteiger partial charge in [-0.3, -0.25) is 4.79 Å². The first kappa shape index (κ1) is 44.4. The molecule has 14 nitrogen and oxygen atoms in total. The number of hydrogen-bond donors (Lipinski definition) is 6. The molecule has 3 heterocycles. The van der Waals surface area contributed by atoms with Crippen molar-refractivity contribution in [2.45, 2.75) is 185 Å². The lowest BCUT2D eigenvalue weighted by Gasteiger charge is -2.48. The third kappa shape index (κ3) is 10.2. The topological polar surface area (TPSA) is 189 Å². The summed E-state index contributed by atoms with van der Waals surface area (Å²) in [6, 6.07) is -0.858. The fourth-order valence-electron chi connectivity index (χ4n) is 8.36. The Bertz CT molecular complexity index is 1110. The highest BCUT2D eigenvalue weighted by atomic mass is 16.7. The van der Waals surface area contributed by atoms with Gasteiger partial charge in [0.1, 0.15) is 30.0 Å². The van der Waals surface area contributed by atoms with Gasteiger partial charge < -0.3 is 64.2 Å². The van der Waals surface area contributed by atoms with Crippen LogP contribution in [0.25, 0.3) is 0 Å². The van der Waals surface area contributed by atoms with E-state index in [4.69, 9.17) is 28.4 Å². The summed E-state index contributed by atoms with van der Waals surface area (Å²) in [5, 5.41) is 60.9. The molecule has 3 aliphatic heterocycles. The standard InChI is InChI=1S/C37H70N2O12/c1-14-26-37(10,45)30(41)23(6)38-18-19(2)16-35(8,44)32(51-34-28(40)25(39(11)12)15-20(3)47-34)21(4)29(22(5)33(43)49-26)50-27-17-36(9,46-13)31(42)24(7)48-27/h19-32,34,38,40-42,44-45H,14-18H2,1-13H3/t19-,20+,21-,22+,23+,24-,25-,26-,27+,28-,29+,30-,31+,32-,34-,35+,36-,37+/m0/s1. The van der Waals surface area contributed by atoms with Crippen LogP contribution in [0.1, 0.15) is 94.9 Å². The van der Waals surface area contributed by atoms with Crippen LogP contribution in [-0.4, -0.2) is 154 Å². The molecule has 3 rings (SSSR count). The molecule has 3 fully saturated rings. The maximum absolute atomic E-state index is 14.1. The van der Waals surface area contributed by atoms with Crippen LogP contribution in [-0.2, 0) is 33.2 Å². The van der Waals surface area contributed by atoms with E-state index in [1.54, 1.807) is 41.5 Å². The molecule has 3 aliphatic rings. The summed E-state index contributed by atoms with van der Waals surface area (Å²) in [4.78, 5) is 16.1. The zero-order valence-corrected chi connectivity index (χ0v) is 33.2. The number of esters is 1. The summed E-state index contributed by atoms with van der Waals surface area (Å²) < 4.78 is 37.4. The second-order valence-electron chi connectivity index (χ2n) is 16.7. The average molecular weight is 735 g/mol. The van der Waals surface area contributed by atoms with E-state index in [0.717, 1.165) is 0 Å². The number of aliphatic hydroxyl groups excluding tert-OH is 3. The van der Waals surface area contributed by atoms with Crippen molar-refractivity contribution in [3.05, 3.63) is 0 Å². The first-order chi connectivity index (χ1) is 23.5. The number of nitrogens with zero attached hydrogens (tertiary/aromatic N) is 1. The van der Waals surface area contributed by atoms with Crippen molar-refractivity contribution < 1.29 is 58.7 Å². The fourth-order valence-corrected chi connectivity index (χ4v) is 8.36. The molecule has 300 valence electrons. The van der Waals surface area contributed by atoms with Gasteiger partial charge >= 0.3 is 5.97 Å². The third-order valence-corrected chi connectivity index (χ3v) is 11.7. The van der Waals surface area contributed by atoms with Crippen molar-refractivity contribution in [2.24, 2.45) is 17.8 Å². The summed E-state index contributed by atoms with van der Waals surface area (Å²) in [6.45, 7) is 17.8. The van der Waals surface area contributed by atoms with E-state index in [9.17, 15) is 30.3 Å². The molecular weight excluding hydrogens is 664 g/mol. The Balaban J connectivity index is 2.15. The van der Waals surface area contributed by atoms with Crippen molar-refractivity contribution in [3.8, 4) is 0 Å². The van der Waals surface area contributed by atoms with Crippen LogP contribution < -0.4 is 5.32 Å². The number of likely N-dealkylation sites (N-methyl/N-ethyl adjacent to an activating group) is 1. The Morgan fingerprint density at radius 1 is 0.941 bits per heavy atom. The normalized spacial score (nSPS) is 49.9. The number of rotatable bonds is 7. The molecule has 0 aromatic rings. The van der Waals surface area contributed by atoms with Crippen molar-refractivity contribution in [2.75, 3.05) is 27.7 Å². The van der Waals surface area contributed by atoms with Crippen LogP contribution in [0.4, 0.5) is 0 Å². The van der Waals surface area contributed by atoms with E-state index in [0.29, 0.717) is 13.0 Å². The van der Waals surface area contributed by atoms with Gasteiger partial charge in [-0.2, -0.15) is 0 Å². The quantitative estimate of drug-likeness (QED) is 0.207. The Hall–Kier alpha value is -1.01. The molecule has 0 radical (unpaired) electrons. The first-order valence-corrected chi connectivity index (χ1v) is 18.8. The molecule has 51 heavy (non-hydrogen) atoms. The van der Waals surface area contributed by atoms with Crippen LogP contribution in [0.15, 0.2) is 0 Å². The smallest absolute Gasteiger partial charge is 0.311 e. The average Bonchev–Trinajstić information content (AvgIpc) is 3.05. The zero-order valence-electron chi connectivity index (χ0n) is 33.2. The lowest BCUT2D eigenvalue weighted by atomic mass is 9.77. The lowest BCUT2D eigenvalue weighted by molar-refractivity contribution is -0.318. The number of nitrogens with one attached hydrogen (secondary N) is 1. The minimum Gasteiger partial charge on any atom is -0.459 e. The third-order valence-electron chi connectivity index (χ3n) is 11.7. The van der Waals surface area contributed by atoms with E-state index in [-0.39, 0.29) is 37.3 Å². The van der Waals surface area contributed by atoms with Crippen molar-refractivity contribution >= 4 is 5.97 Å². The maximum atomic E-state index is 14.1. The van der Waals surface area contributed by atoms with Gasteiger partial charge in [0.15, 0.2) is 12.6 Å². The van der Waals surface area contributed by atoms with Crippen LogP contribution in [0, 0.1) is 17.8 Å². The number of ether oxygens (including phenoxy) is 6. The molecule has 0 aliphatic carbocycles. The predicted molar refractivity (Wildman–Crippen MR) is 190 cm³/mol. The fraction of sp³-hybridized carbons (Fsp3) is 0.973. The number of cyclic esters (lactones) is 1. The summed E-state index contributed by atoms with van der Waals surface area (Å²) in [5.41, 5.74) is -4.37. The Labute approximate surface area is 305 Å². The Morgan fingerprint density at radius 2 is 1.57 bits per heavy atom. The molecule has 14 heteroatoms. The number of aliphatic hydroxyl groups is 5. The monoisotopic (exact) mass is 734 g/mol. The molecule has 0 saturated carbocycles. The number of methoxy groups -OCH3 is 1. The minimum absolute atomic E-state index is 0.132. The molecular formula is C37H70N2O12. The van der Waals surface area contributed by atoms with Crippen molar-refractivity contribution in [3.63, 3.8) is 0 Å². The van der Waals surface area contributed by atoms with Gasteiger partial charge in [0, 0.05) is 31.5 Å². The van der Waals surface area contributed by atoms with E-state index in [1.165, 1.54) is 14.0 Å². The molecule has 0 spiro atoms. The summed E-state index contributed by atoms with van der Waals surface area (Å²) >= 11 is 0. The van der Waals surface area contributed by atoms with Gasteiger partial charge in [0.25, 0.3) is 0 Å². The van der Waals surface area contributed by atoms with Gasteiger partial charge in [0.2, 0.25) is 0 Å². The Kier molecular flexibility index (Phi) is 15.3. The van der Waals surface area contributed by atoms with E-state index < -0.39 is 96.0 Å². The van der Waals surface area contributed by atoms with Gasteiger partial charge in [0.05, 0.1) is 41.5 Å². The molecule has 0 bridgehead atoms. The number of carbonyl (C=O) groups excluding carboxylic acids is 1. The van der Waals surface area contributed by atoms with Crippen molar-refractivity contribution in [1.82, 2.24) is 10.2 Å². The molecule has 0 amide bonds. The molecule has 6 N–H and O–H groups in total. The summed E-state index contributed by atoms with van der Waals surface area (Å²) in [6.07, 6.45) is -8.22. The second-order valence-corrected chi connectivity index (χ2v) is 16.7. The van der Waals surface area contributed by atoms with Crippen LogP contribution in [0.2, 0.25) is 0 Å². The molecule has 0 unspecified atom stereocenters. The van der Waals surface area contributed by atoms with Crippen LogP contribution >= 0.6 is 0 Å². The van der Waals surface area contributed by atoms with Crippen LogP contribution in [0.5, 0.6) is 0 Å². The lowest BCUT2D eigenvalue weighted by Crippen LogP contribution is -2.60. The molecule has 3 saturated heterocycles. The van der Waals surface area contributed by atoms with Gasteiger partial charge in [-0.1, -0.05) is 20.8 Å². The molecule has 0 aromatic heterocycles. The van der Waals surface area contributed by atoms with E-state index >= 15 is 0 Å². The van der Waals surface area contributed by atoms with E-state index in [1.807, 2.05) is 39.8 Å².